The summed E-state index contributed by atoms with van der Waals surface area (Å²) in [5.41, 5.74) is 0. The van der Waals surface area contributed by atoms with Crippen LogP contribution in [0.4, 0.5) is 0 Å². The van der Waals surface area contributed by atoms with Crippen molar-refractivity contribution in [3.63, 3.8) is 0 Å². The summed E-state index contributed by atoms with van der Waals surface area (Å²) in [4.78, 5) is 0. The van der Waals surface area contributed by atoms with Gasteiger partial charge in [-0.05, 0) is 12.2 Å². The summed E-state index contributed by atoms with van der Waals surface area (Å²) < 4.78 is 5.18. The first-order valence-corrected chi connectivity index (χ1v) is 5.32. The molecule has 0 saturated carbocycles. The van der Waals surface area contributed by atoms with Gasteiger partial charge in [0.05, 0.1) is 13.2 Å². The van der Waals surface area contributed by atoms with Crippen molar-refractivity contribution in [1.29, 1.82) is 0 Å². The van der Waals surface area contributed by atoms with Crippen LogP contribution in [0.1, 0.15) is 13.3 Å². The van der Waals surface area contributed by atoms with E-state index in [0.29, 0.717) is 12.5 Å². The summed E-state index contributed by atoms with van der Waals surface area (Å²) in [5.74, 6) is 2.95. The molecule has 0 rings (SSSR count). The number of hydrogen-bond donors (Lipinski definition) is 0. The number of alkyl halides is 1. The minimum absolute atomic E-state index is 0.610. The van der Waals surface area contributed by atoms with Crippen LogP contribution in [0, 0.1) is 0 Å². The topological polar surface area (TPSA) is 9.23 Å². The van der Waals surface area contributed by atoms with Crippen LogP contribution in [-0.4, -0.2) is 30.6 Å². The van der Waals surface area contributed by atoms with Crippen molar-refractivity contribution >= 4 is 23.4 Å². The summed E-state index contributed by atoms with van der Waals surface area (Å²) in [5, 5.41) is 0. The maximum atomic E-state index is 5.41. The SMILES string of the molecule is CCCSCCOCCCl. The molecule has 0 unspecified atom stereocenters. The van der Waals surface area contributed by atoms with E-state index in [2.05, 4.69) is 6.92 Å². The first-order valence-electron chi connectivity index (χ1n) is 3.63. The molecule has 0 heterocycles. The van der Waals surface area contributed by atoms with Crippen molar-refractivity contribution in [1.82, 2.24) is 0 Å². The molecule has 0 radical (unpaired) electrons. The van der Waals surface area contributed by atoms with Crippen molar-refractivity contribution in [2.24, 2.45) is 0 Å². The largest absolute Gasteiger partial charge is 0.379 e. The van der Waals surface area contributed by atoms with Gasteiger partial charge in [-0.3, -0.25) is 0 Å². The molecule has 0 fully saturated rings. The summed E-state index contributed by atoms with van der Waals surface area (Å²) >= 11 is 7.35. The molecular weight excluding hydrogens is 168 g/mol. The molecule has 0 aliphatic carbocycles. The molecule has 0 bridgehead atoms. The van der Waals surface area contributed by atoms with Gasteiger partial charge in [0.25, 0.3) is 0 Å². The molecule has 10 heavy (non-hydrogen) atoms. The second kappa shape index (κ2) is 9.60. The first kappa shape index (κ1) is 10.6. The van der Waals surface area contributed by atoms with Crippen molar-refractivity contribution in [2.45, 2.75) is 13.3 Å². The van der Waals surface area contributed by atoms with Gasteiger partial charge in [-0.1, -0.05) is 6.92 Å². The molecule has 0 aromatic rings. The highest BCUT2D eigenvalue weighted by molar-refractivity contribution is 7.99. The second-order valence-corrected chi connectivity index (χ2v) is 3.52. The van der Waals surface area contributed by atoms with Gasteiger partial charge in [0.15, 0.2) is 0 Å². The van der Waals surface area contributed by atoms with Crippen LogP contribution in [0.2, 0.25) is 0 Å². The molecule has 0 spiro atoms. The Bertz CT molecular complexity index is 53.6. The van der Waals surface area contributed by atoms with Gasteiger partial charge in [-0.15, -0.1) is 11.6 Å². The minimum Gasteiger partial charge on any atom is -0.379 e. The molecule has 62 valence electrons. The molecule has 0 saturated heterocycles. The van der Waals surface area contributed by atoms with Crippen LogP contribution in [0.3, 0.4) is 0 Å². The minimum atomic E-state index is 0.610. The summed E-state index contributed by atoms with van der Waals surface area (Å²) in [6, 6.07) is 0. The van der Waals surface area contributed by atoms with Crippen molar-refractivity contribution in [3.05, 3.63) is 0 Å². The lowest BCUT2D eigenvalue weighted by Gasteiger charge is -1.99. The highest BCUT2D eigenvalue weighted by Crippen LogP contribution is 2.00. The van der Waals surface area contributed by atoms with E-state index in [1.165, 1.54) is 12.2 Å². The van der Waals surface area contributed by atoms with E-state index in [1.807, 2.05) is 11.8 Å². The maximum absolute atomic E-state index is 5.41. The number of halogens is 1. The molecule has 0 aliphatic rings. The Balaban J connectivity index is 2.65. The summed E-state index contributed by atoms with van der Waals surface area (Å²) in [6.45, 7) is 3.72. The zero-order valence-electron chi connectivity index (χ0n) is 6.44. The number of thioether (sulfide) groups is 1. The molecule has 0 atom stereocenters. The monoisotopic (exact) mass is 182 g/mol. The predicted molar refractivity (Wildman–Crippen MR) is 49.2 cm³/mol. The molecule has 3 heteroatoms. The van der Waals surface area contributed by atoms with Gasteiger partial charge >= 0.3 is 0 Å². The lowest BCUT2D eigenvalue weighted by Crippen LogP contribution is -2.00. The van der Waals surface area contributed by atoms with Gasteiger partial charge < -0.3 is 4.74 Å². The fourth-order valence-electron chi connectivity index (χ4n) is 0.521. The average Bonchev–Trinajstić information content (AvgIpc) is 1.97. The number of ether oxygens (including phenoxy) is 1. The van der Waals surface area contributed by atoms with E-state index in [9.17, 15) is 0 Å². The van der Waals surface area contributed by atoms with E-state index < -0.39 is 0 Å². The summed E-state index contributed by atoms with van der Waals surface area (Å²) in [7, 11) is 0. The van der Waals surface area contributed by atoms with Crippen LogP contribution >= 0.6 is 23.4 Å². The fraction of sp³-hybridized carbons (Fsp3) is 1.00. The number of hydrogen-bond acceptors (Lipinski definition) is 2. The van der Waals surface area contributed by atoms with E-state index in [0.717, 1.165) is 12.4 Å². The third-order valence-electron chi connectivity index (χ3n) is 0.942. The Morgan fingerprint density at radius 3 is 2.70 bits per heavy atom. The predicted octanol–water partition coefficient (Wildman–Crippen LogP) is 2.39. The average molecular weight is 183 g/mol. The molecular formula is C7H15ClOS. The molecule has 0 aromatic carbocycles. The van der Waals surface area contributed by atoms with Crippen LogP contribution < -0.4 is 0 Å². The Labute approximate surface area is 72.5 Å². The van der Waals surface area contributed by atoms with Crippen LogP contribution in [0.5, 0.6) is 0 Å². The maximum Gasteiger partial charge on any atom is 0.0602 e. The summed E-state index contributed by atoms with van der Waals surface area (Å²) in [6.07, 6.45) is 1.25. The molecule has 0 aliphatic heterocycles. The van der Waals surface area contributed by atoms with Crippen LogP contribution in [-0.2, 0) is 4.74 Å². The van der Waals surface area contributed by atoms with Gasteiger partial charge in [-0.2, -0.15) is 11.8 Å². The lowest BCUT2D eigenvalue weighted by atomic mass is 10.6. The normalized spacial score (nSPS) is 10.2. The van der Waals surface area contributed by atoms with E-state index in [4.69, 9.17) is 16.3 Å². The Morgan fingerprint density at radius 1 is 1.30 bits per heavy atom. The van der Waals surface area contributed by atoms with Crippen LogP contribution in [0.15, 0.2) is 0 Å². The van der Waals surface area contributed by atoms with Crippen LogP contribution in [0.25, 0.3) is 0 Å². The fourth-order valence-corrected chi connectivity index (χ4v) is 1.36. The molecule has 0 amide bonds. The third kappa shape index (κ3) is 8.60. The zero-order chi connectivity index (χ0) is 7.66. The van der Waals surface area contributed by atoms with Gasteiger partial charge in [0, 0.05) is 11.6 Å². The van der Waals surface area contributed by atoms with Gasteiger partial charge in [0.2, 0.25) is 0 Å². The van der Waals surface area contributed by atoms with E-state index in [-0.39, 0.29) is 0 Å². The quantitative estimate of drug-likeness (QED) is 0.442. The smallest absolute Gasteiger partial charge is 0.0602 e. The van der Waals surface area contributed by atoms with Gasteiger partial charge in [0.1, 0.15) is 0 Å². The van der Waals surface area contributed by atoms with E-state index >= 15 is 0 Å². The zero-order valence-corrected chi connectivity index (χ0v) is 8.01. The standard InChI is InChI=1S/C7H15ClOS/c1-2-6-10-7-5-9-4-3-8/h2-7H2,1H3. The van der Waals surface area contributed by atoms with Gasteiger partial charge in [-0.25, -0.2) is 0 Å². The molecule has 0 aromatic heterocycles. The molecule has 1 nitrogen and oxygen atoms in total. The lowest BCUT2D eigenvalue weighted by molar-refractivity contribution is 0.166. The second-order valence-electron chi connectivity index (χ2n) is 1.91. The molecule has 0 N–H and O–H groups in total. The highest BCUT2D eigenvalue weighted by Gasteiger charge is 1.87. The Kier molecular flexibility index (Phi) is 10.2. The highest BCUT2D eigenvalue weighted by atomic mass is 35.5. The van der Waals surface area contributed by atoms with Crippen molar-refractivity contribution < 1.29 is 4.74 Å². The Hall–Kier alpha value is 0.600. The van der Waals surface area contributed by atoms with Crippen molar-refractivity contribution in [3.8, 4) is 0 Å². The third-order valence-corrected chi connectivity index (χ3v) is 2.25. The Morgan fingerprint density at radius 2 is 2.10 bits per heavy atom. The first-order chi connectivity index (χ1) is 4.91. The van der Waals surface area contributed by atoms with E-state index in [1.54, 1.807) is 0 Å². The van der Waals surface area contributed by atoms with Crippen molar-refractivity contribution in [2.75, 3.05) is 30.6 Å². The number of rotatable bonds is 7.